The summed E-state index contributed by atoms with van der Waals surface area (Å²) in [7, 11) is 1.36. The number of aryl methyl sites for hydroxylation is 1. The first kappa shape index (κ1) is 18.7. The predicted molar refractivity (Wildman–Crippen MR) is 85.7 cm³/mol. The van der Waals surface area contributed by atoms with E-state index in [-0.39, 0.29) is 5.97 Å². The van der Waals surface area contributed by atoms with E-state index in [1.807, 2.05) is 18.2 Å². The van der Waals surface area contributed by atoms with Gasteiger partial charge in [0.2, 0.25) is 0 Å². The minimum atomic E-state index is -0.658. The van der Waals surface area contributed by atoms with Crippen LogP contribution in [0, 0.1) is 17.2 Å². The van der Waals surface area contributed by atoms with Crippen molar-refractivity contribution in [1.82, 2.24) is 0 Å². The van der Waals surface area contributed by atoms with E-state index >= 15 is 0 Å². The van der Waals surface area contributed by atoms with Crippen molar-refractivity contribution in [3.63, 3.8) is 0 Å². The summed E-state index contributed by atoms with van der Waals surface area (Å²) in [5.41, 5.74) is 1.70. The van der Waals surface area contributed by atoms with E-state index in [0.29, 0.717) is 18.6 Å². The van der Waals surface area contributed by atoms with Gasteiger partial charge in [-0.25, -0.2) is 4.79 Å². The molecule has 1 rings (SSSR count). The molecule has 1 aromatic rings. The van der Waals surface area contributed by atoms with Crippen molar-refractivity contribution in [2.75, 3.05) is 13.7 Å². The summed E-state index contributed by atoms with van der Waals surface area (Å²) < 4.78 is 9.52. The third-order valence-corrected chi connectivity index (χ3v) is 3.56. The van der Waals surface area contributed by atoms with Gasteiger partial charge in [0.1, 0.15) is 5.92 Å². The Morgan fingerprint density at radius 1 is 1.17 bits per heavy atom. The molecular weight excluding hydrogens is 294 g/mol. The number of ether oxygens (including phenoxy) is 2. The first-order valence-corrected chi connectivity index (χ1v) is 7.85. The Labute approximate surface area is 137 Å². The molecule has 0 spiro atoms. The van der Waals surface area contributed by atoms with Crippen molar-refractivity contribution < 1.29 is 19.1 Å². The maximum Gasteiger partial charge on any atom is 0.337 e. The second-order valence-corrected chi connectivity index (χ2v) is 5.22. The average Bonchev–Trinajstić information content (AvgIpc) is 2.58. The lowest BCUT2D eigenvalue weighted by molar-refractivity contribution is -0.146. The Morgan fingerprint density at radius 3 is 2.43 bits per heavy atom. The van der Waals surface area contributed by atoms with Gasteiger partial charge in [0, 0.05) is 0 Å². The number of rotatable bonds is 9. The number of hydrogen-bond acceptors (Lipinski definition) is 5. The van der Waals surface area contributed by atoms with Crippen LogP contribution in [-0.2, 0) is 20.7 Å². The van der Waals surface area contributed by atoms with Crippen LogP contribution in [0.1, 0.15) is 48.5 Å². The first-order valence-electron chi connectivity index (χ1n) is 7.85. The van der Waals surface area contributed by atoms with Gasteiger partial charge in [-0.1, -0.05) is 25.0 Å². The lowest BCUT2D eigenvalue weighted by Crippen LogP contribution is -2.16. The summed E-state index contributed by atoms with van der Waals surface area (Å²) in [6.07, 6.45) is 4.17. The number of esters is 2. The highest BCUT2D eigenvalue weighted by atomic mass is 16.5. The largest absolute Gasteiger partial charge is 0.465 e. The molecule has 124 valence electrons. The molecule has 0 saturated heterocycles. The summed E-state index contributed by atoms with van der Waals surface area (Å²) in [6.45, 7) is 2.04. The molecule has 1 atom stereocenters. The number of hydrogen-bond donors (Lipinski definition) is 0. The van der Waals surface area contributed by atoms with Crippen LogP contribution in [0.5, 0.6) is 0 Å². The minimum absolute atomic E-state index is 0.304. The van der Waals surface area contributed by atoms with E-state index < -0.39 is 11.9 Å². The van der Waals surface area contributed by atoms with Gasteiger partial charge < -0.3 is 9.47 Å². The molecule has 0 bridgehead atoms. The molecule has 0 saturated carbocycles. The molecule has 0 amide bonds. The highest BCUT2D eigenvalue weighted by Gasteiger charge is 2.18. The maximum atomic E-state index is 11.5. The monoisotopic (exact) mass is 317 g/mol. The normalized spacial score (nSPS) is 11.3. The molecule has 5 heteroatoms. The van der Waals surface area contributed by atoms with Crippen LogP contribution in [0.3, 0.4) is 0 Å². The molecule has 0 radical (unpaired) electrons. The van der Waals surface area contributed by atoms with Gasteiger partial charge in [-0.15, -0.1) is 0 Å². The molecule has 0 N–H and O–H groups in total. The number of carbonyl (C=O) groups excluding carboxylic acids is 2. The summed E-state index contributed by atoms with van der Waals surface area (Å²) in [5.74, 6) is -1.42. The molecular formula is C18H23NO4. The summed E-state index contributed by atoms with van der Waals surface area (Å²) in [4.78, 5) is 22.8. The maximum absolute atomic E-state index is 11.5. The van der Waals surface area contributed by atoms with Gasteiger partial charge in [-0.3, -0.25) is 4.79 Å². The van der Waals surface area contributed by atoms with Gasteiger partial charge in [-0.2, -0.15) is 5.26 Å². The zero-order valence-electron chi connectivity index (χ0n) is 13.7. The average molecular weight is 317 g/mol. The molecule has 0 aliphatic heterocycles. The molecule has 0 heterocycles. The van der Waals surface area contributed by atoms with Crippen molar-refractivity contribution in [3.05, 3.63) is 35.4 Å². The minimum Gasteiger partial charge on any atom is -0.465 e. The second-order valence-electron chi connectivity index (χ2n) is 5.22. The van der Waals surface area contributed by atoms with Gasteiger partial charge in [0.05, 0.1) is 25.3 Å². The van der Waals surface area contributed by atoms with E-state index in [0.717, 1.165) is 31.2 Å². The summed E-state index contributed by atoms with van der Waals surface area (Å²) in [6, 6.07) is 9.35. The highest BCUT2D eigenvalue weighted by Crippen LogP contribution is 2.14. The lowest BCUT2D eigenvalue weighted by Gasteiger charge is -2.08. The molecule has 5 nitrogen and oxygen atoms in total. The van der Waals surface area contributed by atoms with Crippen LogP contribution in [0.4, 0.5) is 0 Å². The van der Waals surface area contributed by atoms with Crippen molar-refractivity contribution in [2.24, 2.45) is 5.92 Å². The van der Waals surface area contributed by atoms with Crippen LogP contribution >= 0.6 is 0 Å². The Kier molecular flexibility index (Phi) is 8.45. The van der Waals surface area contributed by atoms with Crippen molar-refractivity contribution >= 4 is 11.9 Å². The van der Waals surface area contributed by atoms with E-state index in [1.54, 1.807) is 19.1 Å². The predicted octanol–water partition coefficient (Wildman–Crippen LogP) is 3.28. The Bertz CT molecular complexity index is 545. The number of nitriles is 1. The fourth-order valence-electron chi connectivity index (χ4n) is 2.26. The number of methoxy groups -OCH3 is 1. The van der Waals surface area contributed by atoms with Crippen molar-refractivity contribution in [2.45, 2.75) is 39.0 Å². The fraction of sp³-hybridized carbons (Fsp3) is 0.500. The Hall–Kier alpha value is -2.35. The second kappa shape index (κ2) is 10.4. The zero-order valence-corrected chi connectivity index (χ0v) is 13.7. The van der Waals surface area contributed by atoms with Crippen molar-refractivity contribution in [1.29, 1.82) is 5.26 Å². The van der Waals surface area contributed by atoms with E-state index in [4.69, 9.17) is 10.00 Å². The van der Waals surface area contributed by atoms with Crippen LogP contribution in [0.2, 0.25) is 0 Å². The molecule has 0 aliphatic rings. The molecule has 0 fully saturated rings. The van der Waals surface area contributed by atoms with Crippen molar-refractivity contribution in [3.8, 4) is 6.07 Å². The third-order valence-electron chi connectivity index (χ3n) is 3.56. The fourth-order valence-corrected chi connectivity index (χ4v) is 2.26. The van der Waals surface area contributed by atoms with E-state index in [2.05, 4.69) is 4.74 Å². The van der Waals surface area contributed by atoms with Gasteiger partial charge >= 0.3 is 11.9 Å². The van der Waals surface area contributed by atoms with E-state index in [1.165, 1.54) is 7.11 Å². The third kappa shape index (κ3) is 6.52. The number of benzene rings is 1. The van der Waals surface area contributed by atoms with Gasteiger partial charge in [-0.05, 0) is 43.9 Å². The standard InChI is InChI=1S/C18H23NO4/c1-3-23-18(21)16(13-19)8-6-4-5-7-14-9-11-15(12-10-14)17(20)22-2/h9-12,16H,3-8H2,1-2H3. The summed E-state index contributed by atoms with van der Waals surface area (Å²) >= 11 is 0. The molecule has 0 aliphatic carbocycles. The first-order chi connectivity index (χ1) is 11.1. The molecule has 1 unspecified atom stereocenters. The number of nitrogens with zero attached hydrogens (tertiary/aromatic N) is 1. The van der Waals surface area contributed by atoms with Crippen LogP contribution < -0.4 is 0 Å². The van der Waals surface area contributed by atoms with Crippen LogP contribution in [0.15, 0.2) is 24.3 Å². The smallest absolute Gasteiger partial charge is 0.337 e. The van der Waals surface area contributed by atoms with E-state index in [9.17, 15) is 9.59 Å². The summed E-state index contributed by atoms with van der Waals surface area (Å²) in [5, 5.41) is 8.96. The Morgan fingerprint density at radius 2 is 1.87 bits per heavy atom. The topological polar surface area (TPSA) is 76.4 Å². The zero-order chi connectivity index (χ0) is 17.1. The molecule has 1 aromatic carbocycles. The number of carbonyl (C=O) groups is 2. The Balaban J connectivity index is 2.28. The molecule has 23 heavy (non-hydrogen) atoms. The van der Waals surface area contributed by atoms with Crippen LogP contribution in [-0.4, -0.2) is 25.7 Å². The number of unbranched alkanes of at least 4 members (excludes halogenated alkanes) is 2. The lowest BCUT2D eigenvalue weighted by atomic mass is 10.0. The van der Waals surface area contributed by atoms with Crippen LogP contribution in [0.25, 0.3) is 0 Å². The quantitative estimate of drug-likeness (QED) is 0.516. The van der Waals surface area contributed by atoms with Gasteiger partial charge in [0.15, 0.2) is 0 Å². The van der Waals surface area contributed by atoms with Gasteiger partial charge in [0.25, 0.3) is 0 Å². The molecule has 0 aromatic heterocycles. The highest BCUT2D eigenvalue weighted by molar-refractivity contribution is 5.89. The SMILES string of the molecule is CCOC(=O)C(C#N)CCCCCc1ccc(C(=O)OC)cc1.